The van der Waals surface area contributed by atoms with Crippen LogP contribution in [-0.4, -0.2) is 65.9 Å². The van der Waals surface area contributed by atoms with Crippen LogP contribution in [0.25, 0.3) is 11.0 Å². The first-order chi connectivity index (χ1) is 15.9. The number of rotatable bonds is 4. The van der Waals surface area contributed by atoms with Gasteiger partial charge in [0.05, 0.1) is 35.4 Å². The maximum Gasteiger partial charge on any atom is 0.418 e. The third kappa shape index (κ3) is 3.73. The molecule has 13 heteroatoms. The van der Waals surface area contributed by atoms with Gasteiger partial charge in [-0.3, -0.25) is 4.79 Å². The van der Waals surface area contributed by atoms with E-state index in [-0.39, 0.29) is 41.2 Å². The lowest BCUT2D eigenvalue weighted by Gasteiger charge is -2.27. The lowest BCUT2D eigenvalue weighted by Crippen LogP contribution is -2.40. The number of aromatic amines is 1. The van der Waals surface area contributed by atoms with Gasteiger partial charge in [-0.2, -0.15) is 23.1 Å². The van der Waals surface area contributed by atoms with Crippen LogP contribution in [0.5, 0.6) is 11.5 Å². The summed E-state index contributed by atoms with van der Waals surface area (Å²) in [7, 11) is 1.47. The Morgan fingerprint density at radius 3 is 2.64 bits per heavy atom. The van der Waals surface area contributed by atoms with Crippen molar-refractivity contribution in [1.82, 2.24) is 19.9 Å². The van der Waals surface area contributed by atoms with E-state index in [4.69, 9.17) is 14.2 Å². The highest BCUT2D eigenvalue weighted by molar-refractivity contribution is 5.99. The molecule has 174 valence electrons. The molecule has 0 unspecified atom stereocenters. The van der Waals surface area contributed by atoms with Gasteiger partial charge in [0.2, 0.25) is 12.7 Å². The number of aromatic nitrogens is 3. The van der Waals surface area contributed by atoms with E-state index in [1.165, 1.54) is 7.05 Å². The van der Waals surface area contributed by atoms with Gasteiger partial charge in [0.1, 0.15) is 11.5 Å². The average molecular weight is 464 g/mol. The molecule has 33 heavy (non-hydrogen) atoms. The van der Waals surface area contributed by atoms with Gasteiger partial charge in [0, 0.05) is 26.3 Å². The Kier molecular flexibility index (Phi) is 5.12. The van der Waals surface area contributed by atoms with Gasteiger partial charge in [-0.15, -0.1) is 0 Å². The number of amides is 1. The third-order valence-electron chi connectivity index (χ3n) is 5.37. The van der Waals surface area contributed by atoms with Crippen molar-refractivity contribution in [2.75, 3.05) is 50.8 Å². The summed E-state index contributed by atoms with van der Waals surface area (Å²) < 4.78 is 56.4. The van der Waals surface area contributed by atoms with Crippen molar-refractivity contribution in [3.63, 3.8) is 0 Å². The fourth-order valence-electron chi connectivity index (χ4n) is 3.81. The van der Waals surface area contributed by atoms with Crippen molar-refractivity contribution in [2.24, 2.45) is 0 Å². The van der Waals surface area contributed by atoms with E-state index in [9.17, 15) is 18.0 Å². The van der Waals surface area contributed by atoms with Gasteiger partial charge >= 0.3 is 6.18 Å². The highest BCUT2D eigenvalue weighted by atomic mass is 19.4. The van der Waals surface area contributed by atoms with Crippen molar-refractivity contribution in [1.29, 1.82) is 0 Å². The Bertz CT molecular complexity index is 1220. The maximum absolute atomic E-state index is 13.3. The van der Waals surface area contributed by atoms with Crippen LogP contribution < -0.4 is 20.1 Å². The van der Waals surface area contributed by atoms with Gasteiger partial charge in [-0.05, 0) is 12.1 Å². The zero-order valence-electron chi connectivity index (χ0n) is 17.4. The minimum absolute atomic E-state index is 0.00371. The summed E-state index contributed by atoms with van der Waals surface area (Å²) in [5, 5.41) is 5.47. The summed E-state index contributed by atoms with van der Waals surface area (Å²) in [6, 6.07) is 3.21. The molecule has 1 saturated heterocycles. The number of carbonyl (C=O) groups is 1. The van der Waals surface area contributed by atoms with E-state index in [0.717, 1.165) is 6.20 Å². The Hall–Kier alpha value is -3.74. The van der Waals surface area contributed by atoms with Gasteiger partial charge in [-0.25, -0.2) is 0 Å². The van der Waals surface area contributed by atoms with Crippen LogP contribution in [0.4, 0.5) is 30.6 Å². The van der Waals surface area contributed by atoms with E-state index in [0.29, 0.717) is 43.3 Å². The highest BCUT2D eigenvalue weighted by Gasteiger charge is 2.36. The number of nitrogens with zero attached hydrogens (tertiary/aromatic N) is 3. The number of H-pyrrole nitrogens is 1. The topological polar surface area (TPSA) is 114 Å². The van der Waals surface area contributed by atoms with E-state index < -0.39 is 11.7 Å². The number of alkyl halides is 3. The number of ether oxygens (including phenoxy) is 3. The molecule has 2 aliphatic rings. The number of nitrogens with one attached hydrogen (secondary N) is 3. The van der Waals surface area contributed by atoms with Gasteiger partial charge in [-0.1, -0.05) is 0 Å². The van der Waals surface area contributed by atoms with Crippen molar-refractivity contribution in [3.8, 4) is 11.5 Å². The SMILES string of the molecule is CNc1nc(Nc2ccc(C(=O)N3CCOCC3)c3c2OCO3)nc2[nH]cc(C(F)(F)F)c12. The monoisotopic (exact) mass is 464 g/mol. The molecule has 5 rings (SSSR count). The normalized spacial score (nSPS) is 15.7. The number of halogens is 3. The maximum atomic E-state index is 13.3. The lowest BCUT2D eigenvalue weighted by atomic mass is 10.1. The second-order valence-corrected chi connectivity index (χ2v) is 7.32. The quantitative estimate of drug-likeness (QED) is 0.540. The number of fused-ring (bicyclic) bond motifs is 2. The molecule has 3 N–H and O–H groups in total. The van der Waals surface area contributed by atoms with Crippen LogP contribution in [0.15, 0.2) is 18.3 Å². The summed E-state index contributed by atoms with van der Waals surface area (Å²) in [6.07, 6.45) is -3.71. The minimum atomic E-state index is -4.56. The second-order valence-electron chi connectivity index (χ2n) is 7.32. The molecular formula is C20H19F3N6O4. The van der Waals surface area contributed by atoms with Crippen molar-refractivity contribution >= 4 is 34.4 Å². The largest absolute Gasteiger partial charge is 0.453 e. The Morgan fingerprint density at radius 1 is 1.15 bits per heavy atom. The standard InChI is InChI=1S/C20H19F3N6O4/c1-24-16-13-11(20(21,22)23)8-25-17(13)28-19(27-16)26-12-3-2-10(14-15(12)33-9-32-14)18(30)29-4-6-31-7-5-29/h2-3,8H,4-7,9H2,1H3,(H3,24,25,26,27,28). The molecule has 1 fully saturated rings. The number of morpholine rings is 1. The van der Waals surface area contributed by atoms with Crippen molar-refractivity contribution in [2.45, 2.75) is 6.18 Å². The molecule has 0 aliphatic carbocycles. The first-order valence-electron chi connectivity index (χ1n) is 10.1. The summed E-state index contributed by atoms with van der Waals surface area (Å²) in [4.78, 5) is 25.5. The van der Waals surface area contributed by atoms with E-state index >= 15 is 0 Å². The van der Waals surface area contributed by atoms with Crippen molar-refractivity contribution in [3.05, 3.63) is 29.5 Å². The molecule has 1 aromatic carbocycles. The predicted octanol–water partition coefficient (Wildman–Crippen LogP) is 2.96. The number of hydrogen-bond acceptors (Lipinski definition) is 8. The molecule has 10 nitrogen and oxygen atoms in total. The van der Waals surface area contributed by atoms with Crippen LogP contribution in [0.1, 0.15) is 15.9 Å². The third-order valence-corrected chi connectivity index (χ3v) is 5.37. The first kappa shape index (κ1) is 21.1. The first-order valence-corrected chi connectivity index (χ1v) is 10.1. The number of anilines is 3. The molecule has 1 amide bonds. The van der Waals surface area contributed by atoms with Gasteiger partial charge < -0.3 is 34.7 Å². The fourth-order valence-corrected chi connectivity index (χ4v) is 3.81. The molecular weight excluding hydrogens is 445 g/mol. The van der Waals surface area contributed by atoms with Crippen LogP contribution >= 0.6 is 0 Å². The zero-order valence-corrected chi connectivity index (χ0v) is 17.4. The zero-order chi connectivity index (χ0) is 23.2. The van der Waals surface area contributed by atoms with Gasteiger partial charge in [0.15, 0.2) is 11.5 Å². The molecule has 0 saturated carbocycles. The molecule has 0 spiro atoms. The van der Waals surface area contributed by atoms with E-state index in [2.05, 4.69) is 25.6 Å². The Balaban J connectivity index is 1.49. The van der Waals surface area contributed by atoms with E-state index in [1.807, 2.05) is 0 Å². The van der Waals surface area contributed by atoms with Crippen LogP contribution in [0.3, 0.4) is 0 Å². The van der Waals surface area contributed by atoms with E-state index in [1.54, 1.807) is 17.0 Å². The summed E-state index contributed by atoms with van der Waals surface area (Å²) in [5.41, 5.74) is -0.0967. The summed E-state index contributed by atoms with van der Waals surface area (Å²) in [6.45, 7) is 1.81. The molecule has 4 heterocycles. The van der Waals surface area contributed by atoms with Crippen LogP contribution in [-0.2, 0) is 10.9 Å². The molecule has 0 bridgehead atoms. The Labute approximate surface area is 185 Å². The van der Waals surface area contributed by atoms with Gasteiger partial charge in [0.25, 0.3) is 5.91 Å². The minimum Gasteiger partial charge on any atom is -0.453 e. The Morgan fingerprint density at radius 2 is 1.91 bits per heavy atom. The molecule has 2 aromatic heterocycles. The summed E-state index contributed by atoms with van der Waals surface area (Å²) >= 11 is 0. The highest BCUT2D eigenvalue weighted by Crippen LogP contribution is 2.44. The van der Waals surface area contributed by atoms with Crippen LogP contribution in [0, 0.1) is 0 Å². The second kappa shape index (κ2) is 7.99. The number of carbonyl (C=O) groups excluding carboxylic acids is 1. The molecule has 2 aliphatic heterocycles. The number of hydrogen-bond donors (Lipinski definition) is 3. The molecule has 3 aromatic rings. The van der Waals surface area contributed by atoms with Crippen molar-refractivity contribution < 1.29 is 32.2 Å². The van der Waals surface area contributed by atoms with Crippen LogP contribution in [0.2, 0.25) is 0 Å². The summed E-state index contributed by atoms with van der Waals surface area (Å²) in [5.74, 6) is 0.418. The predicted molar refractivity (Wildman–Crippen MR) is 111 cm³/mol. The lowest BCUT2D eigenvalue weighted by molar-refractivity contribution is -0.136. The average Bonchev–Trinajstić information content (AvgIpc) is 3.46. The smallest absolute Gasteiger partial charge is 0.418 e. The molecule has 0 radical (unpaired) electrons. The molecule has 0 atom stereocenters. The fraction of sp³-hybridized carbons (Fsp3) is 0.350. The number of benzene rings is 1.